The number of hydrogen-bond donors (Lipinski definition) is 0. The fourth-order valence-electron chi connectivity index (χ4n) is 1.31. The summed E-state index contributed by atoms with van der Waals surface area (Å²) in [5.74, 6) is -1.04. The zero-order chi connectivity index (χ0) is 15.0. The van der Waals surface area contributed by atoms with E-state index < -0.39 is 5.82 Å². The lowest BCUT2D eigenvalue weighted by molar-refractivity contribution is -0.00655. The Morgan fingerprint density at radius 2 is 1.80 bits per heavy atom. The molecule has 0 bridgehead atoms. The standard InChI is InChI=1S/C8H9F.C7H3F2NO/c1-7-2-4-8(6-9)5-3-7;8-7-3-6(11-9)2-1-5(7)4-10/h2-5H,6H2,1H3;1-3H. The van der Waals surface area contributed by atoms with E-state index in [0.29, 0.717) is 0 Å². The van der Waals surface area contributed by atoms with Crippen molar-refractivity contribution in [2.45, 2.75) is 13.6 Å². The molecule has 0 radical (unpaired) electrons. The van der Waals surface area contributed by atoms with Gasteiger partial charge in [0.25, 0.3) is 0 Å². The van der Waals surface area contributed by atoms with Crippen molar-refractivity contribution in [2.75, 3.05) is 0 Å². The number of hydrogen-bond acceptors (Lipinski definition) is 2. The molecule has 0 atom stereocenters. The van der Waals surface area contributed by atoms with E-state index in [4.69, 9.17) is 5.26 Å². The predicted molar refractivity (Wildman–Crippen MR) is 68.8 cm³/mol. The first-order valence-corrected chi connectivity index (χ1v) is 5.70. The van der Waals surface area contributed by atoms with Gasteiger partial charge in [0.1, 0.15) is 18.6 Å². The first-order chi connectivity index (χ1) is 9.60. The van der Waals surface area contributed by atoms with Gasteiger partial charge in [-0.15, -0.1) is 0 Å². The Morgan fingerprint density at radius 1 is 1.15 bits per heavy atom. The van der Waals surface area contributed by atoms with Crippen molar-refractivity contribution in [3.8, 4) is 11.8 Å². The third kappa shape index (κ3) is 4.65. The molecule has 0 aromatic heterocycles. The summed E-state index contributed by atoms with van der Waals surface area (Å²) in [7, 11) is 0. The van der Waals surface area contributed by atoms with E-state index in [9.17, 15) is 13.3 Å². The summed E-state index contributed by atoms with van der Waals surface area (Å²) in [4.78, 5) is 3.25. The van der Waals surface area contributed by atoms with Gasteiger partial charge in [-0.2, -0.15) is 5.26 Å². The molecular weight excluding hydrogens is 267 g/mol. The van der Waals surface area contributed by atoms with E-state index in [1.54, 1.807) is 18.2 Å². The molecule has 0 heterocycles. The topological polar surface area (TPSA) is 33.0 Å². The van der Waals surface area contributed by atoms with Crippen LogP contribution in [-0.2, 0) is 6.67 Å². The summed E-state index contributed by atoms with van der Waals surface area (Å²) in [6.07, 6.45) is 0. The Kier molecular flexibility index (Phi) is 6.11. The van der Waals surface area contributed by atoms with E-state index in [0.717, 1.165) is 17.7 Å². The average Bonchev–Trinajstić information content (AvgIpc) is 2.48. The Hall–Kier alpha value is -2.48. The normalized spacial score (nSPS) is 9.15. The average molecular weight is 279 g/mol. The minimum atomic E-state index is -0.789. The number of nitrogens with zero attached hydrogens (tertiary/aromatic N) is 1. The van der Waals surface area contributed by atoms with Crippen LogP contribution in [0.15, 0.2) is 42.5 Å². The molecular formula is C15H12F3NO. The van der Waals surface area contributed by atoms with Crippen molar-refractivity contribution in [1.29, 1.82) is 5.26 Å². The van der Waals surface area contributed by atoms with E-state index in [-0.39, 0.29) is 18.0 Å². The molecule has 2 nitrogen and oxygen atoms in total. The Morgan fingerprint density at radius 3 is 2.25 bits per heavy atom. The molecule has 0 fully saturated rings. The third-order valence-electron chi connectivity index (χ3n) is 2.42. The number of nitriles is 1. The molecule has 0 aliphatic carbocycles. The number of rotatable bonds is 2. The molecule has 2 aromatic rings. The summed E-state index contributed by atoms with van der Waals surface area (Å²) >= 11 is 0. The SMILES string of the molecule is Cc1ccc(CF)cc1.N#Cc1ccc(OF)cc1F. The van der Waals surface area contributed by atoms with E-state index >= 15 is 0 Å². The highest BCUT2D eigenvalue weighted by atomic mass is 19.3. The fourth-order valence-corrected chi connectivity index (χ4v) is 1.31. The molecule has 5 heteroatoms. The summed E-state index contributed by atoms with van der Waals surface area (Å²) in [5.41, 5.74) is 1.79. The molecule has 0 unspecified atom stereocenters. The van der Waals surface area contributed by atoms with Crippen LogP contribution in [0.2, 0.25) is 0 Å². The summed E-state index contributed by atoms with van der Waals surface area (Å²) in [5, 5.41) is 8.26. The van der Waals surface area contributed by atoms with Crippen LogP contribution >= 0.6 is 0 Å². The lowest BCUT2D eigenvalue weighted by Crippen LogP contribution is -1.84. The molecule has 0 amide bonds. The molecule has 2 rings (SSSR count). The minimum absolute atomic E-state index is 0.134. The van der Waals surface area contributed by atoms with Gasteiger partial charge in [-0.1, -0.05) is 29.8 Å². The lowest BCUT2D eigenvalue weighted by atomic mass is 10.2. The number of benzene rings is 2. The third-order valence-corrected chi connectivity index (χ3v) is 2.42. The molecule has 20 heavy (non-hydrogen) atoms. The number of alkyl halides is 1. The maximum absolute atomic E-state index is 12.6. The highest BCUT2D eigenvalue weighted by Crippen LogP contribution is 2.15. The smallest absolute Gasteiger partial charge is 0.174 e. The van der Waals surface area contributed by atoms with Gasteiger partial charge in [0.05, 0.1) is 5.56 Å². The van der Waals surface area contributed by atoms with Gasteiger partial charge in [-0.3, -0.25) is 4.94 Å². The highest BCUT2D eigenvalue weighted by Gasteiger charge is 2.02. The molecule has 0 N–H and O–H groups in total. The van der Waals surface area contributed by atoms with Crippen LogP contribution < -0.4 is 4.94 Å². The molecule has 0 saturated heterocycles. The maximum Gasteiger partial charge on any atom is 0.174 e. The van der Waals surface area contributed by atoms with Gasteiger partial charge in [-0.25, -0.2) is 8.78 Å². The second-order valence-corrected chi connectivity index (χ2v) is 3.95. The Balaban J connectivity index is 0.000000204. The summed E-state index contributed by atoms with van der Waals surface area (Å²) in [6, 6.07) is 12.1. The van der Waals surface area contributed by atoms with Crippen LogP contribution in [-0.4, -0.2) is 0 Å². The Bertz CT molecular complexity index is 591. The van der Waals surface area contributed by atoms with Crippen LogP contribution in [0.25, 0.3) is 0 Å². The van der Waals surface area contributed by atoms with Crippen LogP contribution in [0.3, 0.4) is 0 Å². The minimum Gasteiger partial charge on any atom is -0.294 e. The van der Waals surface area contributed by atoms with Crippen LogP contribution in [0.1, 0.15) is 16.7 Å². The van der Waals surface area contributed by atoms with E-state index in [1.165, 1.54) is 11.6 Å². The molecule has 0 aliphatic heterocycles. The van der Waals surface area contributed by atoms with Crippen molar-refractivity contribution < 1.29 is 18.2 Å². The maximum atomic E-state index is 12.6. The molecule has 2 aromatic carbocycles. The van der Waals surface area contributed by atoms with Gasteiger partial charge < -0.3 is 0 Å². The predicted octanol–water partition coefficient (Wildman–Crippen LogP) is 4.43. The first-order valence-electron chi connectivity index (χ1n) is 5.70. The lowest BCUT2D eigenvalue weighted by Gasteiger charge is -1.94. The second-order valence-electron chi connectivity index (χ2n) is 3.95. The van der Waals surface area contributed by atoms with Crippen molar-refractivity contribution >= 4 is 0 Å². The monoisotopic (exact) mass is 279 g/mol. The van der Waals surface area contributed by atoms with Gasteiger partial charge in [0.15, 0.2) is 5.75 Å². The first kappa shape index (κ1) is 15.6. The van der Waals surface area contributed by atoms with E-state index in [1.807, 2.05) is 19.1 Å². The number of aryl methyl sites for hydroxylation is 1. The molecule has 0 saturated carbocycles. The largest absolute Gasteiger partial charge is 0.294 e. The van der Waals surface area contributed by atoms with Crippen LogP contribution in [0, 0.1) is 24.1 Å². The van der Waals surface area contributed by atoms with Crippen LogP contribution in [0.5, 0.6) is 5.75 Å². The quantitative estimate of drug-likeness (QED) is 0.815. The van der Waals surface area contributed by atoms with Crippen molar-refractivity contribution in [3.63, 3.8) is 0 Å². The van der Waals surface area contributed by atoms with Crippen molar-refractivity contribution in [3.05, 3.63) is 65.0 Å². The zero-order valence-corrected chi connectivity index (χ0v) is 10.7. The number of halogens is 3. The fraction of sp³-hybridized carbons (Fsp3) is 0.133. The highest BCUT2D eigenvalue weighted by molar-refractivity contribution is 5.35. The zero-order valence-electron chi connectivity index (χ0n) is 10.7. The van der Waals surface area contributed by atoms with Gasteiger partial charge >= 0.3 is 0 Å². The second kappa shape index (κ2) is 7.85. The Labute approximate surface area is 114 Å². The van der Waals surface area contributed by atoms with Crippen molar-refractivity contribution in [2.24, 2.45) is 0 Å². The van der Waals surface area contributed by atoms with Gasteiger partial charge in [0.2, 0.25) is 0 Å². The van der Waals surface area contributed by atoms with Gasteiger partial charge in [0, 0.05) is 10.6 Å². The van der Waals surface area contributed by atoms with Crippen molar-refractivity contribution in [1.82, 2.24) is 0 Å². The van der Waals surface area contributed by atoms with Gasteiger partial charge in [-0.05, 0) is 24.6 Å². The molecule has 104 valence electrons. The summed E-state index contributed by atoms with van der Waals surface area (Å²) < 4.78 is 35.8. The molecule has 0 spiro atoms. The summed E-state index contributed by atoms with van der Waals surface area (Å²) in [6.45, 7) is 1.63. The van der Waals surface area contributed by atoms with Crippen LogP contribution in [0.4, 0.5) is 13.3 Å². The van der Waals surface area contributed by atoms with E-state index in [2.05, 4.69) is 4.94 Å². The molecule has 0 aliphatic rings.